The molecule has 0 saturated heterocycles. The molecule has 0 amide bonds. The lowest BCUT2D eigenvalue weighted by atomic mass is 9.74. The van der Waals surface area contributed by atoms with Crippen molar-refractivity contribution >= 4 is 17.6 Å². The van der Waals surface area contributed by atoms with Crippen molar-refractivity contribution in [3.63, 3.8) is 0 Å². The molecule has 0 bridgehead atoms. The Bertz CT molecular complexity index is 908. The van der Waals surface area contributed by atoms with Gasteiger partial charge in [0.2, 0.25) is 0 Å². The minimum Gasteiger partial charge on any atom is -0.340 e. The zero-order valence-corrected chi connectivity index (χ0v) is 18.2. The van der Waals surface area contributed by atoms with Crippen LogP contribution in [0.15, 0.2) is 51.2 Å². The summed E-state index contributed by atoms with van der Waals surface area (Å²) in [5, 5.41) is 0. The van der Waals surface area contributed by atoms with E-state index in [2.05, 4.69) is 76.9 Å². The smallest absolute Gasteiger partial charge is 0.116 e. The summed E-state index contributed by atoms with van der Waals surface area (Å²) in [4.78, 5) is 12.0. The van der Waals surface area contributed by atoms with Gasteiger partial charge in [-0.25, -0.2) is 0 Å². The molecule has 3 aliphatic rings. The van der Waals surface area contributed by atoms with Crippen LogP contribution in [0.25, 0.3) is 0 Å². The van der Waals surface area contributed by atoms with Gasteiger partial charge in [-0.3, -0.25) is 9.98 Å². The Labute approximate surface area is 170 Å². The summed E-state index contributed by atoms with van der Waals surface area (Å²) in [6.07, 6.45) is 7.66. The van der Waals surface area contributed by atoms with Gasteiger partial charge in [0.15, 0.2) is 0 Å². The van der Waals surface area contributed by atoms with Crippen molar-refractivity contribution in [1.29, 1.82) is 0 Å². The highest BCUT2D eigenvalue weighted by molar-refractivity contribution is 5.99. The Balaban J connectivity index is 1.69. The maximum absolute atomic E-state index is 4.84. The molecule has 0 aliphatic carbocycles. The van der Waals surface area contributed by atoms with Crippen molar-refractivity contribution in [3.05, 3.63) is 52.4 Å². The molecule has 3 nitrogen and oxygen atoms in total. The number of fused-ring (bicyclic) bond motifs is 2. The second-order valence-corrected chi connectivity index (χ2v) is 9.53. The first-order valence-electron chi connectivity index (χ1n) is 10.7. The van der Waals surface area contributed by atoms with Gasteiger partial charge in [-0.1, -0.05) is 33.8 Å². The number of rotatable bonds is 3. The van der Waals surface area contributed by atoms with Crippen LogP contribution in [0.2, 0.25) is 0 Å². The van der Waals surface area contributed by atoms with E-state index in [0.29, 0.717) is 5.92 Å². The van der Waals surface area contributed by atoms with Gasteiger partial charge in [0.25, 0.3) is 0 Å². The van der Waals surface area contributed by atoms with Crippen molar-refractivity contribution < 1.29 is 0 Å². The molecule has 0 spiro atoms. The van der Waals surface area contributed by atoms with E-state index in [-0.39, 0.29) is 11.5 Å². The number of allylic oxidation sites excluding steroid dienone is 2. The van der Waals surface area contributed by atoms with Crippen LogP contribution < -0.4 is 4.90 Å². The summed E-state index contributed by atoms with van der Waals surface area (Å²) in [6, 6.07) is 7.20. The fourth-order valence-corrected chi connectivity index (χ4v) is 5.16. The van der Waals surface area contributed by atoms with Gasteiger partial charge in [-0.2, -0.15) is 0 Å². The average Bonchev–Trinajstić information content (AvgIpc) is 3.02. The van der Waals surface area contributed by atoms with Gasteiger partial charge in [0.05, 0.1) is 17.6 Å². The minimum atomic E-state index is 0.147. The quantitative estimate of drug-likeness (QED) is 0.618. The van der Waals surface area contributed by atoms with E-state index in [0.717, 1.165) is 24.4 Å². The molecule has 3 heterocycles. The second-order valence-electron chi connectivity index (χ2n) is 9.53. The maximum Gasteiger partial charge on any atom is 0.116 e. The van der Waals surface area contributed by atoms with Crippen molar-refractivity contribution in [2.75, 3.05) is 11.4 Å². The first kappa shape index (κ1) is 19.2. The molecule has 3 aliphatic heterocycles. The molecule has 0 N–H and O–H groups in total. The fourth-order valence-electron chi connectivity index (χ4n) is 5.16. The number of hydrogen-bond acceptors (Lipinski definition) is 3. The lowest BCUT2D eigenvalue weighted by Gasteiger charge is -2.36. The standard InChI is InChI=1S/C25H33N3/c1-7-21(25(4,5)6)19-11-10-18(13-16(19)2)28-12-8-9-20-23(28)15-26-22-14-17(3)27-24(20)22/h10-11,13-15,21,24H,7-9,12H2,1-6H3/t21-,24?/m0/s1. The van der Waals surface area contributed by atoms with Crippen LogP contribution in [0.5, 0.6) is 0 Å². The summed E-state index contributed by atoms with van der Waals surface area (Å²) in [7, 11) is 0. The third kappa shape index (κ3) is 3.25. The number of aliphatic imine (C=N–C) groups is 2. The molecule has 148 valence electrons. The lowest BCUT2D eigenvalue weighted by Crippen LogP contribution is -2.34. The number of hydrogen-bond donors (Lipinski definition) is 0. The first-order chi connectivity index (χ1) is 13.3. The van der Waals surface area contributed by atoms with Crippen molar-refractivity contribution in [2.45, 2.75) is 72.8 Å². The Hall–Kier alpha value is -2.16. The van der Waals surface area contributed by atoms with E-state index in [1.807, 2.05) is 0 Å². The molecule has 0 fully saturated rings. The number of dihydropyridines is 1. The van der Waals surface area contributed by atoms with E-state index < -0.39 is 0 Å². The SMILES string of the molecule is CC[C@@H](c1ccc(N2CCCC3=C2C=NC2=CC(C)=NC23)cc1C)C(C)(C)C. The van der Waals surface area contributed by atoms with E-state index in [4.69, 9.17) is 9.98 Å². The summed E-state index contributed by atoms with van der Waals surface area (Å²) >= 11 is 0. The highest BCUT2D eigenvalue weighted by atomic mass is 15.2. The molecular weight excluding hydrogens is 342 g/mol. The molecule has 1 aromatic carbocycles. The highest BCUT2D eigenvalue weighted by Crippen LogP contribution is 2.41. The highest BCUT2D eigenvalue weighted by Gasteiger charge is 2.33. The molecule has 4 rings (SSSR count). The third-order valence-electron chi connectivity index (χ3n) is 6.48. The van der Waals surface area contributed by atoms with E-state index in [1.54, 1.807) is 0 Å². The molecule has 0 aromatic heterocycles. The fraction of sp³-hybridized carbons (Fsp3) is 0.520. The summed E-state index contributed by atoms with van der Waals surface area (Å²) in [5.74, 6) is 0.581. The van der Waals surface area contributed by atoms with Gasteiger partial charge in [0, 0.05) is 17.9 Å². The first-order valence-corrected chi connectivity index (χ1v) is 10.7. The van der Waals surface area contributed by atoms with Crippen LogP contribution in [0.3, 0.4) is 0 Å². The third-order valence-corrected chi connectivity index (χ3v) is 6.48. The second kappa shape index (κ2) is 7.02. The predicted molar refractivity (Wildman–Crippen MR) is 121 cm³/mol. The topological polar surface area (TPSA) is 28.0 Å². The molecule has 0 saturated carbocycles. The summed E-state index contributed by atoms with van der Waals surface area (Å²) in [5.41, 5.74) is 9.36. The van der Waals surface area contributed by atoms with Crippen LogP contribution in [0, 0.1) is 12.3 Å². The molecule has 2 atom stereocenters. The van der Waals surface area contributed by atoms with E-state index in [1.165, 1.54) is 40.9 Å². The van der Waals surface area contributed by atoms with Crippen LogP contribution in [-0.2, 0) is 0 Å². The lowest BCUT2D eigenvalue weighted by molar-refractivity contribution is 0.311. The normalized spacial score (nSPS) is 22.6. The van der Waals surface area contributed by atoms with Crippen LogP contribution >= 0.6 is 0 Å². The van der Waals surface area contributed by atoms with Crippen molar-refractivity contribution in [3.8, 4) is 0 Å². The van der Waals surface area contributed by atoms with Gasteiger partial charge in [-0.05, 0) is 79.4 Å². The Kier molecular flexibility index (Phi) is 4.81. The predicted octanol–water partition coefficient (Wildman–Crippen LogP) is 6.20. The van der Waals surface area contributed by atoms with E-state index >= 15 is 0 Å². The monoisotopic (exact) mass is 375 g/mol. The molecule has 3 heteroatoms. The number of aryl methyl sites for hydroxylation is 1. The van der Waals surface area contributed by atoms with Crippen LogP contribution in [0.1, 0.15) is 70.9 Å². The number of benzene rings is 1. The molecular formula is C25H33N3. The molecule has 28 heavy (non-hydrogen) atoms. The zero-order chi connectivity index (χ0) is 20.1. The number of nitrogens with zero attached hydrogens (tertiary/aromatic N) is 3. The van der Waals surface area contributed by atoms with Crippen LogP contribution in [0.4, 0.5) is 5.69 Å². The Morgan fingerprint density at radius 2 is 2.00 bits per heavy atom. The Morgan fingerprint density at radius 3 is 2.68 bits per heavy atom. The summed E-state index contributed by atoms with van der Waals surface area (Å²) in [6.45, 7) is 14.8. The van der Waals surface area contributed by atoms with Crippen molar-refractivity contribution in [1.82, 2.24) is 0 Å². The molecule has 1 aromatic rings. The largest absolute Gasteiger partial charge is 0.340 e. The van der Waals surface area contributed by atoms with Gasteiger partial charge >= 0.3 is 0 Å². The van der Waals surface area contributed by atoms with Gasteiger partial charge < -0.3 is 4.90 Å². The van der Waals surface area contributed by atoms with E-state index in [9.17, 15) is 0 Å². The summed E-state index contributed by atoms with van der Waals surface area (Å²) < 4.78 is 0. The van der Waals surface area contributed by atoms with Gasteiger partial charge in [-0.15, -0.1) is 0 Å². The number of anilines is 1. The Morgan fingerprint density at radius 1 is 1.21 bits per heavy atom. The maximum atomic E-state index is 4.84. The van der Waals surface area contributed by atoms with Gasteiger partial charge in [0.1, 0.15) is 6.04 Å². The zero-order valence-electron chi connectivity index (χ0n) is 18.2. The average molecular weight is 376 g/mol. The minimum absolute atomic E-state index is 0.147. The molecule has 0 radical (unpaired) electrons. The molecule has 1 unspecified atom stereocenters. The van der Waals surface area contributed by atoms with Crippen LogP contribution in [-0.4, -0.2) is 24.5 Å². The van der Waals surface area contributed by atoms with Crippen molar-refractivity contribution in [2.24, 2.45) is 15.4 Å².